The molecule has 0 saturated carbocycles. The average molecular weight is 419 g/mol. The first kappa shape index (κ1) is 25.3. The van der Waals surface area contributed by atoms with Gasteiger partial charge in [-0.3, -0.25) is 0 Å². The molecule has 0 amide bonds. The van der Waals surface area contributed by atoms with Gasteiger partial charge in [0.25, 0.3) is 5.66 Å². The summed E-state index contributed by atoms with van der Waals surface area (Å²) in [6.07, 6.45) is 0. The molecule has 0 aliphatic carbocycles. The Hall–Kier alpha value is 2.06. The van der Waals surface area contributed by atoms with Crippen molar-refractivity contribution in [2.24, 2.45) is 0 Å². The third-order valence-electron chi connectivity index (χ3n) is 2.28. The van der Waals surface area contributed by atoms with Gasteiger partial charge < -0.3 is 14.4 Å². The van der Waals surface area contributed by atoms with Crippen molar-refractivity contribution in [2.45, 2.75) is 30.5 Å². The first-order valence-electron chi connectivity index (χ1n) is 5.36. The van der Waals surface area contributed by atoms with Gasteiger partial charge in [-0.1, -0.05) is 41.9 Å². The molecule has 10 heteroatoms. The van der Waals surface area contributed by atoms with Gasteiger partial charge in [-0.15, -0.1) is 0 Å². The van der Waals surface area contributed by atoms with Crippen LogP contribution in [0.4, 0.5) is 8.78 Å². The van der Waals surface area contributed by atoms with Gasteiger partial charge in [0.15, 0.2) is 0 Å². The minimum atomic E-state index is -6.03. The van der Waals surface area contributed by atoms with Crippen LogP contribution in [0, 0.1) is 0 Å². The Morgan fingerprint density at radius 2 is 1.86 bits per heavy atom. The molecule has 0 radical (unpaired) electrons. The van der Waals surface area contributed by atoms with Crippen LogP contribution in [0.15, 0.2) is 22.7 Å². The molecule has 0 heterocycles. The summed E-state index contributed by atoms with van der Waals surface area (Å²) in [5, 5.41) is 0.392. The zero-order valence-corrected chi connectivity index (χ0v) is 19.5. The zero-order valence-electron chi connectivity index (χ0n) is 12.2. The molecule has 0 aliphatic rings. The van der Waals surface area contributed by atoms with Crippen molar-refractivity contribution in [1.82, 2.24) is 0 Å². The number of thioether (sulfide) groups is 1. The topological polar surface area (TPSA) is 63.2 Å². The smallest absolute Gasteiger partial charge is 0.806 e. The van der Waals surface area contributed by atoms with E-state index in [1.54, 1.807) is 11.8 Å². The second kappa shape index (κ2) is 10.1. The van der Waals surface area contributed by atoms with Gasteiger partial charge in [0.05, 0.1) is 0 Å². The molecular formula is C11H12BrF2Na2O3PS. The zero-order chi connectivity index (χ0) is 14.8. The summed E-state index contributed by atoms with van der Waals surface area (Å²) in [4.78, 5) is 21.2. The molecule has 0 unspecified atom stereocenters. The number of alkyl halides is 2. The number of halogens is 3. The van der Waals surface area contributed by atoms with Crippen LogP contribution in [0.25, 0.3) is 0 Å². The Kier molecular flexibility index (Phi) is 12.2. The van der Waals surface area contributed by atoms with Crippen molar-refractivity contribution in [3.8, 4) is 0 Å². The Balaban J connectivity index is 0. The molecule has 108 valence electrons. The van der Waals surface area contributed by atoms with Crippen LogP contribution in [-0.4, -0.2) is 5.25 Å². The van der Waals surface area contributed by atoms with Crippen LogP contribution in [0.5, 0.6) is 0 Å². The molecule has 0 saturated heterocycles. The van der Waals surface area contributed by atoms with E-state index in [9.17, 15) is 23.1 Å². The maximum atomic E-state index is 13.4. The van der Waals surface area contributed by atoms with Gasteiger partial charge in [-0.25, -0.2) is 0 Å². The van der Waals surface area contributed by atoms with Crippen molar-refractivity contribution >= 4 is 35.3 Å². The third kappa shape index (κ3) is 7.22. The number of rotatable bonds is 5. The van der Waals surface area contributed by atoms with Gasteiger partial charge in [-0.2, -0.15) is 20.5 Å². The van der Waals surface area contributed by atoms with Crippen molar-refractivity contribution in [1.29, 1.82) is 0 Å². The van der Waals surface area contributed by atoms with Gasteiger partial charge in [-0.05, 0) is 16.9 Å². The van der Waals surface area contributed by atoms with Crippen LogP contribution >= 0.6 is 35.3 Å². The number of hydrogen-bond acceptors (Lipinski definition) is 4. The molecule has 3 nitrogen and oxygen atoms in total. The summed E-state index contributed by atoms with van der Waals surface area (Å²) in [6, 6.07) is 3.79. The summed E-state index contributed by atoms with van der Waals surface area (Å²) in [5.74, 6) is 0.620. The van der Waals surface area contributed by atoms with Crippen molar-refractivity contribution in [3.63, 3.8) is 0 Å². The van der Waals surface area contributed by atoms with Crippen molar-refractivity contribution < 1.29 is 82.2 Å². The Morgan fingerprint density at radius 3 is 2.24 bits per heavy atom. The molecule has 0 aliphatic heterocycles. The molecule has 0 bridgehead atoms. The predicted octanol–water partition coefficient (Wildman–Crippen LogP) is -2.94. The maximum absolute atomic E-state index is 13.4. The first-order valence-corrected chi connectivity index (χ1v) is 8.74. The summed E-state index contributed by atoms with van der Waals surface area (Å²) in [6.45, 7) is 4.01. The van der Waals surface area contributed by atoms with Crippen LogP contribution < -0.4 is 68.9 Å². The van der Waals surface area contributed by atoms with Crippen LogP contribution in [0.1, 0.15) is 25.0 Å². The van der Waals surface area contributed by atoms with Gasteiger partial charge in [0.1, 0.15) is 0 Å². The fraction of sp³-hybridized carbons (Fsp3) is 0.455. The molecule has 0 fully saturated rings. The van der Waals surface area contributed by atoms with E-state index in [1.807, 2.05) is 13.8 Å². The molecule has 0 spiro atoms. The Labute approximate surface area is 179 Å². The molecule has 21 heavy (non-hydrogen) atoms. The van der Waals surface area contributed by atoms with Crippen LogP contribution in [-0.2, 0) is 16.0 Å². The van der Waals surface area contributed by atoms with Crippen LogP contribution in [0.3, 0.4) is 0 Å². The number of hydrogen-bond donors (Lipinski definition) is 0. The number of benzene rings is 1. The second-order valence-corrected chi connectivity index (χ2v) is 8.19. The molecule has 0 N–H and O–H groups in total. The predicted molar refractivity (Wildman–Crippen MR) is 72.1 cm³/mol. The van der Waals surface area contributed by atoms with E-state index >= 15 is 0 Å². The molecule has 0 atom stereocenters. The van der Waals surface area contributed by atoms with Crippen molar-refractivity contribution in [3.05, 3.63) is 33.8 Å². The van der Waals surface area contributed by atoms with E-state index in [0.717, 1.165) is 11.6 Å². The van der Waals surface area contributed by atoms with E-state index in [-0.39, 0.29) is 63.6 Å². The minimum Gasteiger partial charge on any atom is -0.806 e. The maximum Gasteiger partial charge on any atom is 1.00 e. The van der Waals surface area contributed by atoms with E-state index in [1.165, 1.54) is 12.1 Å². The standard InChI is InChI=1S/C11H14BrF2O3PS.2Na/c1-7(2)19-6-8-3-4-9(10(12)5-8)11(13,14)18(15,16)17;;/h3-5,7H,6H2,1-2H3,(H2,15,16,17);;/q;2*+1/p-2. The third-order valence-corrected chi connectivity index (χ3v) is 5.04. The summed E-state index contributed by atoms with van der Waals surface area (Å²) < 4.78 is 37.4. The normalized spacial score (nSPS) is 11.8. The quantitative estimate of drug-likeness (QED) is 0.379. The largest absolute Gasteiger partial charge is 1.00 e. The summed E-state index contributed by atoms with van der Waals surface area (Å²) >= 11 is 4.52. The van der Waals surface area contributed by atoms with E-state index in [0.29, 0.717) is 11.0 Å². The van der Waals surface area contributed by atoms with Gasteiger partial charge in [0, 0.05) is 23.4 Å². The fourth-order valence-corrected chi connectivity index (χ4v) is 3.33. The van der Waals surface area contributed by atoms with E-state index in [2.05, 4.69) is 15.9 Å². The Bertz CT molecular complexity index is 514. The molecule has 0 aromatic heterocycles. The van der Waals surface area contributed by atoms with Gasteiger partial charge >= 0.3 is 59.1 Å². The van der Waals surface area contributed by atoms with Gasteiger partial charge in [0.2, 0.25) is 0 Å². The average Bonchev–Trinajstić information content (AvgIpc) is 2.24. The molecule has 1 aromatic rings. The fourth-order valence-electron chi connectivity index (χ4n) is 1.30. The molecular weight excluding hydrogens is 407 g/mol. The second-order valence-electron chi connectivity index (χ2n) is 4.21. The SMILES string of the molecule is CC(C)SCc1ccc(C(F)(F)P(=O)([O-])[O-])c(Br)c1.[Na+].[Na+]. The van der Waals surface area contributed by atoms with E-state index in [4.69, 9.17) is 0 Å². The molecule has 1 rings (SSSR count). The summed E-state index contributed by atoms with van der Waals surface area (Å²) in [7, 11) is -6.03. The molecule has 1 aromatic carbocycles. The monoisotopic (exact) mass is 418 g/mol. The van der Waals surface area contributed by atoms with Crippen LogP contribution in [0.2, 0.25) is 0 Å². The Morgan fingerprint density at radius 1 is 1.33 bits per heavy atom. The minimum absolute atomic E-state index is 0. The van der Waals surface area contributed by atoms with Crippen molar-refractivity contribution in [2.75, 3.05) is 0 Å². The summed E-state index contributed by atoms with van der Waals surface area (Å²) in [5.41, 5.74) is -4.45. The van der Waals surface area contributed by atoms with E-state index < -0.39 is 18.8 Å². The first-order chi connectivity index (χ1) is 8.55.